The quantitative estimate of drug-likeness (QED) is 0.715. The molecule has 0 spiro atoms. The van der Waals surface area contributed by atoms with Crippen molar-refractivity contribution in [1.29, 1.82) is 0 Å². The second-order valence-electron chi connectivity index (χ2n) is 5.39. The first-order chi connectivity index (χ1) is 11.6. The molecule has 0 saturated carbocycles. The summed E-state index contributed by atoms with van der Waals surface area (Å²) in [4.78, 5) is 18.8. The fourth-order valence-corrected chi connectivity index (χ4v) is 4.16. The van der Waals surface area contributed by atoms with Gasteiger partial charge in [-0.15, -0.1) is 22.7 Å². The summed E-state index contributed by atoms with van der Waals surface area (Å²) in [6.45, 7) is 2.49. The Morgan fingerprint density at radius 3 is 2.75 bits per heavy atom. The molecule has 124 valence electrons. The molecule has 2 aromatic heterocycles. The lowest BCUT2D eigenvalue weighted by Crippen LogP contribution is -2.27. The third kappa shape index (κ3) is 4.27. The molecule has 3 nitrogen and oxygen atoms in total. The second kappa shape index (κ2) is 7.68. The number of benzene rings is 1. The SMILES string of the molecule is Cc1nc(-c2cccs2)c(CC(=O)NCCc2ccc(F)cc2)s1. The van der Waals surface area contributed by atoms with Crippen LogP contribution in [0.15, 0.2) is 41.8 Å². The van der Waals surface area contributed by atoms with Crippen molar-refractivity contribution in [2.75, 3.05) is 6.54 Å². The number of thiazole rings is 1. The van der Waals surface area contributed by atoms with Gasteiger partial charge in [0, 0.05) is 11.4 Å². The fourth-order valence-electron chi connectivity index (χ4n) is 2.40. The lowest BCUT2D eigenvalue weighted by molar-refractivity contribution is -0.120. The van der Waals surface area contributed by atoms with E-state index in [1.807, 2.05) is 24.4 Å². The summed E-state index contributed by atoms with van der Waals surface area (Å²) in [5.74, 6) is -0.261. The van der Waals surface area contributed by atoms with E-state index in [1.165, 1.54) is 12.1 Å². The van der Waals surface area contributed by atoms with Gasteiger partial charge in [-0.3, -0.25) is 4.79 Å². The largest absolute Gasteiger partial charge is 0.355 e. The van der Waals surface area contributed by atoms with Gasteiger partial charge in [0.15, 0.2) is 0 Å². The maximum atomic E-state index is 12.9. The molecule has 3 aromatic rings. The van der Waals surface area contributed by atoms with Gasteiger partial charge in [-0.05, 0) is 42.5 Å². The van der Waals surface area contributed by atoms with Crippen molar-refractivity contribution in [2.45, 2.75) is 19.8 Å². The van der Waals surface area contributed by atoms with Gasteiger partial charge in [-0.1, -0.05) is 18.2 Å². The van der Waals surface area contributed by atoms with Gasteiger partial charge < -0.3 is 5.32 Å². The number of hydrogen-bond donors (Lipinski definition) is 1. The minimum atomic E-state index is -0.246. The van der Waals surface area contributed by atoms with Crippen LogP contribution >= 0.6 is 22.7 Å². The van der Waals surface area contributed by atoms with E-state index in [0.717, 1.165) is 26.0 Å². The number of carbonyl (C=O) groups is 1. The second-order valence-corrected chi connectivity index (χ2v) is 7.62. The molecule has 0 radical (unpaired) electrons. The van der Waals surface area contributed by atoms with Crippen LogP contribution in [0.3, 0.4) is 0 Å². The zero-order chi connectivity index (χ0) is 16.9. The van der Waals surface area contributed by atoms with E-state index in [4.69, 9.17) is 0 Å². The number of nitrogens with zero attached hydrogens (tertiary/aromatic N) is 1. The number of halogens is 1. The van der Waals surface area contributed by atoms with Crippen molar-refractivity contribution in [1.82, 2.24) is 10.3 Å². The van der Waals surface area contributed by atoms with Crippen molar-refractivity contribution < 1.29 is 9.18 Å². The topological polar surface area (TPSA) is 42.0 Å². The molecule has 0 saturated heterocycles. The highest BCUT2D eigenvalue weighted by Crippen LogP contribution is 2.31. The Hall–Kier alpha value is -2.05. The third-order valence-corrected chi connectivity index (χ3v) is 5.38. The molecule has 0 aliphatic rings. The predicted octanol–water partition coefficient (Wildman–Crippen LogP) is 4.22. The Labute approximate surface area is 148 Å². The molecule has 0 atom stereocenters. The average Bonchev–Trinajstić information content (AvgIpc) is 3.19. The summed E-state index contributed by atoms with van der Waals surface area (Å²) in [6, 6.07) is 10.4. The Kier molecular flexibility index (Phi) is 5.37. The number of amides is 1. The number of aromatic nitrogens is 1. The van der Waals surface area contributed by atoms with Crippen molar-refractivity contribution in [3.63, 3.8) is 0 Å². The smallest absolute Gasteiger partial charge is 0.225 e. The summed E-state index contributed by atoms with van der Waals surface area (Å²) in [7, 11) is 0. The van der Waals surface area contributed by atoms with E-state index in [9.17, 15) is 9.18 Å². The summed E-state index contributed by atoms with van der Waals surface area (Å²) in [5.41, 5.74) is 1.92. The van der Waals surface area contributed by atoms with E-state index in [0.29, 0.717) is 19.4 Å². The first-order valence-corrected chi connectivity index (χ1v) is 9.33. The van der Waals surface area contributed by atoms with E-state index in [1.54, 1.807) is 34.8 Å². The number of thiophene rings is 1. The molecule has 1 amide bonds. The predicted molar refractivity (Wildman–Crippen MR) is 97.0 cm³/mol. The average molecular weight is 360 g/mol. The molecule has 1 N–H and O–H groups in total. The van der Waals surface area contributed by atoms with Gasteiger partial charge in [-0.2, -0.15) is 0 Å². The summed E-state index contributed by atoms with van der Waals surface area (Å²) in [6.07, 6.45) is 1.02. The molecule has 0 aliphatic heterocycles. The summed E-state index contributed by atoms with van der Waals surface area (Å²) >= 11 is 3.19. The summed E-state index contributed by atoms with van der Waals surface area (Å²) < 4.78 is 12.9. The third-order valence-electron chi connectivity index (χ3n) is 3.53. The van der Waals surface area contributed by atoms with Crippen molar-refractivity contribution >= 4 is 28.6 Å². The number of nitrogens with one attached hydrogen (secondary N) is 1. The molecule has 1 aromatic carbocycles. The van der Waals surface area contributed by atoms with Gasteiger partial charge in [0.25, 0.3) is 0 Å². The Bertz CT molecular complexity index is 810. The van der Waals surface area contributed by atoms with E-state index in [-0.39, 0.29) is 11.7 Å². The Morgan fingerprint density at radius 2 is 2.04 bits per heavy atom. The van der Waals surface area contributed by atoms with Gasteiger partial charge >= 0.3 is 0 Å². The first kappa shape index (κ1) is 16.8. The Balaban J connectivity index is 1.56. The highest BCUT2D eigenvalue weighted by molar-refractivity contribution is 7.15. The number of rotatable bonds is 6. The van der Waals surface area contributed by atoms with Gasteiger partial charge in [0.05, 0.1) is 22.0 Å². The van der Waals surface area contributed by atoms with Crippen LogP contribution in [0.4, 0.5) is 4.39 Å². The van der Waals surface area contributed by atoms with E-state index >= 15 is 0 Å². The zero-order valence-electron chi connectivity index (χ0n) is 13.2. The highest BCUT2D eigenvalue weighted by atomic mass is 32.1. The molecule has 0 aliphatic carbocycles. The molecule has 0 fully saturated rings. The maximum Gasteiger partial charge on any atom is 0.225 e. The number of aryl methyl sites for hydroxylation is 1. The highest BCUT2D eigenvalue weighted by Gasteiger charge is 2.15. The molecule has 24 heavy (non-hydrogen) atoms. The zero-order valence-corrected chi connectivity index (χ0v) is 14.8. The standard InChI is InChI=1S/C18H17FN2OS2/c1-12-21-18(15-3-2-10-23-15)16(24-12)11-17(22)20-9-8-13-4-6-14(19)7-5-13/h2-7,10H,8-9,11H2,1H3,(H,20,22). The fraction of sp³-hybridized carbons (Fsp3) is 0.222. The van der Waals surface area contributed by atoms with E-state index < -0.39 is 0 Å². The number of carbonyl (C=O) groups excluding carboxylic acids is 1. The monoisotopic (exact) mass is 360 g/mol. The molecule has 0 unspecified atom stereocenters. The maximum absolute atomic E-state index is 12.9. The van der Waals surface area contributed by atoms with Crippen LogP contribution in [0, 0.1) is 12.7 Å². The minimum absolute atomic E-state index is 0.0152. The van der Waals surface area contributed by atoms with Gasteiger partial charge in [0.2, 0.25) is 5.91 Å². The van der Waals surface area contributed by atoms with Crippen LogP contribution in [0.2, 0.25) is 0 Å². The van der Waals surface area contributed by atoms with Crippen molar-refractivity contribution in [2.24, 2.45) is 0 Å². The Morgan fingerprint density at radius 1 is 1.25 bits per heavy atom. The van der Waals surface area contributed by atoms with Crippen molar-refractivity contribution in [3.05, 3.63) is 63.0 Å². The summed E-state index contributed by atoms with van der Waals surface area (Å²) in [5, 5.41) is 5.90. The van der Waals surface area contributed by atoms with Gasteiger partial charge in [-0.25, -0.2) is 9.37 Å². The van der Waals surface area contributed by atoms with Gasteiger partial charge in [0.1, 0.15) is 5.82 Å². The first-order valence-electron chi connectivity index (χ1n) is 7.63. The van der Waals surface area contributed by atoms with Crippen LogP contribution in [0.25, 0.3) is 10.6 Å². The molecular formula is C18H17FN2OS2. The van der Waals surface area contributed by atoms with Crippen molar-refractivity contribution in [3.8, 4) is 10.6 Å². The van der Waals surface area contributed by atoms with E-state index in [2.05, 4.69) is 10.3 Å². The lowest BCUT2D eigenvalue weighted by atomic mass is 10.1. The van der Waals surface area contributed by atoms with Crippen LogP contribution in [0.5, 0.6) is 0 Å². The molecule has 2 heterocycles. The number of hydrogen-bond acceptors (Lipinski definition) is 4. The molecule has 0 bridgehead atoms. The normalized spacial score (nSPS) is 10.8. The minimum Gasteiger partial charge on any atom is -0.355 e. The van der Waals surface area contributed by atoms with Crippen LogP contribution < -0.4 is 5.32 Å². The molecule has 6 heteroatoms. The van der Waals surface area contributed by atoms with Crippen LogP contribution in [-0.2, 0) is 17.6 Å². The van der Waals surface area contributed by atoms with Crippen LogP contribution in [0.1, 0.15) is 15.4 Å². The lowest BCUT2D eigenvalue weighted by Gasteiger charge is -2.05. The molecular weight excluding hydrogens is 343 g/mol. The van der Waals surface area contributed by atoms with Crippen LogP contribution in [-0.4, -0.2) is 17.4 Å². The molecule has 3 rings (SSSR count).